The molecule has 0 spiro atoms. The van der Waals surface area contributed by atoms with Crippen LogP contribution in [0.3, 0.4) is 0 Å². The molecule has 0 saturated carbocycles. The number of aliphatic carboxylic acids is 1. The van der Waals surface area contributed by atoms with Gasteiger partial charge in [0, 0.05) is 11.3 Å². The van der Waals surface area contributed by atoms with Crippen molar-refractivity contribution in [3.63, 3.8) is 0 Å². The maximum atomic E-state index is 12.5. The zero-order valence-corrected chi connectivity index (χ0v) is 20.6. The molecule has 0 fully saturated rings. The molecule has 3 aromatic carbocycles. The number of halogens is 1. The van der Waals surface area contributed by atoms with E-state index in [1.54, 1.807) is 5.51 Å². The van der Waals surface area contributed by atoms with Gasteiger partial charge in [-0.15, -0.1) is 23.1 Å². The Morgan fingerprint density at radius 3 is 2.35 bits per heavy atom. The molecule has 4 rings (SSSR count). The molecule has 0 radical (unpaired) electrons. The fourth-order valence-corrected chi connectivity index (χ4v) is 5.46. The Morgan fingerprint density at radius 1 is 1.03 bits per heavy atom. The van der Waals surface area contributed by atoms with Crippen LogP contribution >= 0.6 is 34.7 Å². The van der Waals surface area contributed by atoms with Crippen LogP contribution in [-0.2, 0) is 16.0 Å². The average molecular weight is 509 g/mol. The third-order valence-corrected chi connectivity index (χ3v) is 7.50. The number of carbonyl (C=O) groups excluding carboxylic acids is 1. The molecule has 1 amide bonds. The molecule has 0 saturated heterocycles. The molecule has 8 heteroatoms. The van der Waals surface area contributed by atoms with Gasteiger partial charge in [-0.2, -0.15) is 0 Å². The van der Waals surface area contributed by atoms with Crippen molar-refractivity contribution in [2.75, 3.05) is 11.1 Å². The number of aromatic nitrogens is 1. The van der Waals surface area contributed by atoms with E-state index in [0.717, 1.165) is 37.7 Å². The monoisotopic (exact) mass is 508 g/mol. The number of thioether (sulfide) groups is 1. The molecule has 0 aliphatic heterocycles. The number of hydrogen-bond donors (Lipinski definition) is 2. The van der Waals surface area contributed by atoms with E-state index < -0.39 is 5.97 Å². The van der Waals surface area contributed by atoms with Gasteiger partial charge in [0.15, 0.2) is 0 Å². The predicted octanol–water partition coefficient (Wildman–Crippen LogP) is 6.80. The van der Waals surface area contributed by atoms with Crippen molar-refractivity contribution in [3.8, 4) is 22.4 Å². The van der Waals surface area contributed by atoms with E-state index in [0.29, 0.717) is 10.7 Å². The van der Waals surface area contributed by atoms with Gasteiger partial charge in [0.2, 0.25) is 5.91 Å². The minimum Gasteiger partial charge on any atom is -0.481 e. The number of thiazole rings is 1. The van der Waals surface area contributed by atoms with E-state index in [1.165, 1.54) is 23.1 Å². The molecule has 5 nitrogen and oxygen atoms in total. The Kier molecular flexibility index (Phi) is 7.67. The average Bonchev–Trinajstić information content (AvgIpc) is 3.27. The van der Waals surface area contributed by atoms with Crippen LogP contribution in [0.4, 0.5) is 5.69 Å². The van der Waals surface area contributed by atoms with Crippen molar-refractivity contribution in [2.45, 2.75) is 17.6 Å². The highest BCUT2D eigenvalue weighted by Gasteiger charge is 2.14. The number of carboxylic acid groups (broad SMARTS) is 1. The molecule has 172 valence electrons. The molecule has 0 aliphatic carbocycles. The molecule has 4 aromatic rings. The van der Waals surface area contributed by atoms with Crippen molar-refractivity contribution < 1.29 is 14.7 Å². The number of carbonyl (C=O) groups is 2. The fraction of sp³-hybridized carbons (Fsp3) is 0.115. The van der Waals surface area contributed by atoms with E-state index in [2.05, 4.69) is 10.3 Å². The Morgan fingerprint density at radius 2 is 1.71 bits per heavy atom. The summed E-state index contributed by atoms with van der Waals surface area (Å²) in [4.78, 5) is 27.8. The molecule has 0 aliphatic rings. The van der Waals surface area contributed by atoms with Gasteiger partial charge in [-0.05, 0) is 47.4 Å². The van der Waals surface area contributed by atoms with Crippen molar-refractivity contribution >= 4 is 52.3 Å². The van der Waals surface area contributed by atoms with Gasteiger partial charge in [-0.3, -0.25) is 9.59 Å². The maximum absolute atomic E-state index is 12.5. The lowest BCUT2D eigenvalue weighted by Gasteiger charge is -2.08. The second kappa shape index (κ2) is 10.9. The fourth-order valence-electron chi connectivity index (χ4n) is 3.39. The van der Waals surface area contributed by atoms with Gasteiger partial charge in [-0.1, -0.05) is 60.1 Å². The number of nitrogens with zero attached hydrogens (tertiary/aromatic N) is 1. The van der Waals surface area contributed by atoms with Crippen molar-refractivity contribution in [1.29, 1.82) is 0 Å². The minimum absolute atomic E-state index is 0.00431. The lowest BCUT2D eigenvalue weighted by Crippen LogP contribution is -2.13. The van der Waals surface area contributed by atoms with Crippen molar-refractivity contribution in [2.24, 2.45) is 0 Å². The normalized spacial score (nSPS) is 10.8. The number of carboxylic acids is 1. The van der Waals surface area contributed by atoms with Crippen LogP contribution in [0.15, 0.2) is 76.4 Å². The first-order valence-electron chi connectivity index (χ1n) is 10.4. The van der Waals surface area contributed by atoms with Crippen LogP contribution in [0.5, 0.6) is 0 Å². The first-order valence-corrected chi connectivity index (χ1v) is 12.7. The van der Waals surface area contributed by atoms with Crippen molar-refractivity contribution in [3.05, 3.63) is 88.4 Å². The molecular weight excluding hydrogens is 488 g/mol. The van der Waals surface area contributed by atoms with E-state index in [9.17, 15) is 9.59 Å². The summed E-state index contributed by atoms with van der Waals surface area (Å²) >= 11 is 9.33. The van der Waals surface area contributed by atoms with Gasteiger partial charge in [0.05, 0.1) is 32.6 Å². The summed E-state index contributed by atoms with van der Waals surface area (Å²) in [5.74, 6) is -0.701. The molecular formula is C26H21ClN2O3S2. The quantitative estimate of drug-likeness (QED) is 0.256. The van der Waals surface area contributed by atoms with Gasteiger partial charge in [0.25, 0.3) is 0 Å². The molecule has 34 heavy (non-hydrogen) atoms. The van der Waals surface area contributed by atoms with Gasteiger partial charge >= 0.3 is 5.97 Å². The van der Waals surface area contributed by atoms with E-state index in [1.807, 2.05) is 73.7 Å². The van der Waals surface area contributed by atoms with Crippen LogP contribution in [0, 0.1) is 6.92 Å². The molecule has 1 heterocycles. The summed E-state index contributed by atoms with van der Waals surface area (Å²) in [6.07, 6.45) is 0.00431. The largest absolute Gasteiger partial charge is 0.481 e. The number of nitrogens with one attached hydrogen (secondary N) is 1. The van der Waals surface area contributed by atoms with E-state index in [4.69, 9.17) is 16.7 Å². The Bertz CT molecular complexity index is 1320. The van der Waals surface area contributed by atoms with Crippen LogP contribution in [0.25, 0.3) is 22.4 Å². The molecule has 0 atom stereocenters. The summed E-state index contributed by atoms with van der Waals surface area (Å²) in [7, 11) is 0. The number of hydrogen-bond acceptors (Lipinski definition) is 5. The minimum atomic E-state index is -0.850. The highest BCUT2D eigenvalue weighted by atomic mass is 35.5. The summed E-state index contributed by atoms with van der Waals surface area (Å²) in [6.45, 7) is 1.99. The summed E-state index contributed by atoms with van der Waals surface area (Å²) in [5, 5.41) is 12.5. The predicted molar refractivity (Wildman–Crippen MR) is 140 cm³/mol. The lowest BCUT2D eigenvalue weighted by molar-refractivity contribution is -0.136. The van der Waals surface area contributed by atoms with E-state index in [-0.39, 0.29) is 18.1 Å². The summed E-state index contributed by atoms with van der Waals surface area (Å²) < 4.78 is 0.947. The zero-order valence-electron chi connectivity index (χ0n) is 18.2. The third-order valence-electron chi connectivity index (χ3n) is 5.06. The highest BCUT2D eigenvalue weighted by Crippen LogP contribution is 2.37. The van der Waals surface area contributed by atoms with Crippen molar-refractivity contribution in [1.82, 2.24) is 4.98 Å². The first-order chi connectivity index (χ1) is 16.4. The number of anilines is 1. The number of benzene rings is 3. The Labute approximate surface area is 210 Å². The second-order valence-corrected chi connectivity index (χ2v) is 10.2. The topological polar surface area (TPSA) is 79.3 Å². The SMILES string of the molecule is Cc1ccc(-c2ncsc2SCC(=O)Nc2ccc(-c3ccc(CC(=O)O)cc3)cc2)c(Cl)c1. The highest BCUT2D eigenvalue weighted by molar-refractivity contribution is 8.01. The van der Waals surface area contributed by atoms with Crippen LogP contribution in [0.2, 0.25) is 5.02 Å². The standard InChI is InChI=1S/C26H21ClN2O3S2/c1-16-2-11-21(22(27)12-16)25-26(34-15-28-25)33-14-23(30)29-20-9-7-19(8-10-20)18-5-3-17(4-6-18)13-24(31)32/h2-12,15H,13-14H2,1H3,(H,29,30)(H,31,32). The second-order valence-electron chi connectivity index (χ2n) is 7.65. The number of rotatable bonds is 8. The van der Waals surface area contributed by atoms with Crippen LogP contribution in [-0.4, -0.2) is 27.7 Å². The van der Waals surface area contributed by atoms with Gasteiger partial charge in [-0.25, -0.2) is 4.98 Å². The third kappa shape index (κ3) is 6.05. The zero-order chi connectivity index (χ0) is 24.1. The van der Waals surface area contributed by atoms with Gasteiger partial charge < -0.3 is 10.4 Å². The smallest absolute Gasteiger partial charge is 0.307 e. The lowest BCUT2D eigenvalue weighted by atomic mass is 10.0. The first kappa shape index (κ1) is 24.0. The molecule has 1 aromatic heterocycles. The summed E-state index contributed by atoms with van der Waals surface area (Å²) in [6, 6.07) is 20.8. The Balaban J connectivity index is 1.35. The molecule has 0 unspecified atom stereocenters. The van der Waals surface area contributed by atoms with Crippen LogP contribution in [0.1, 0.15) is 11.1 Å². The summed E-state index contributed by atoms with van der Waals surface area (Å²) in [5.41, 5.74) is 7.94. The van der Waals surface area contributed by atoms with Crippen LogP contribution < -0.4 is 5.32 Å². The van der Waals surface area contributed by atoms with E-state index >= 15 is 0 Å². The molecule has 2 N–H and O–H groups in total. The molecule has 0 bridgehead atoms. The maximum Gasteiger partial charge on any atom is 0.307 e. The van der Waals surface area contributed by atoms with Gasteiger partial charge in [0.1, 0.15) is 0 Å². The Hall–Kier alpha value is -3.13. The number of amides is 1. The number of aryl methyl sites for hydroxylation is 1.